The van der Waals surface area contributed by atoms with E-state index in [-0.39, 0.29) is 46.8 Å². The van der Waals surface area contributed by atoms with Crippen molar-refractivity contribution in [1.82, 2.24) is 0 Å². The molecule has 0 radical (unpaired) electrons. The minimum absolute atomic E-state index is 0.0374. The van der Waals surface area contributed by atoms with Crippen LogP contribution in [-0.2, 0) is 25.5 Å². The van der Waals surface area contributed by atoms with Gasteiger partial charge in [0.15, 0.2) is 17.9 Å². The summed E-state index contributed by atoms with van der Waals surface area (Å²) in [5.41, 5.74) is -2.78. The van der Waals surface area contributed by atoms with Crippen LogP contribution in [0, 0.1) is 0 Å². The maximum atomic E-state index is 13.9. The third kappa shape index (κ3) is 5.17. The van der Waals surface area contributed by atoms with Gasteiger partial charge in [-0.1, -0.05) is 30.3 Å². The number of amides is 1. The minimum Gasteiger partial charge on any atom is -0.507 e. The van der Waals surface area contributed by atoms with Crippen LogP contribution in [0.3, 0.4) is 0 Å². The summed E-state index contributed by atoms with van der Waals surface area (Å²) in [4.78, 5) is 54.7. The topological polar surface area (TPSA) is 180 Å². The van der Waals surface area contributed by atoms with Crippen LogP contribution in [0.4, 0.5) is 5.69 Å². The summed E-state index contributed by atoms with van der Waals surface area (Å²) < 4.78 is 17.7. The van der Waals surface area contributed by atoms with E-state index in [1.807, 2.05) is 0 Å². The molecule has 1 fully saturated rings. The molecule has 1 saturated heterocycles. The summed E-state index contributed by atoms with van der Waals surface area (Å²) in [6, 6.07) is 12.4. The second kappa shape index (κ2) is 11.9. The quantitative estimate of drug-likeness (QED) is 0.226. The molecule has 1 amide bonds. The standard InChI is InChI=1S/C35H35NO11/c1-16-30(39)22(36(18(3)38)19-9-6-5-7-10-19)13-25(46-16)47-24-15-35(44,17(2)37)14-21-27(24)34(43)29-28(32(21)41)31(40)20-11-8-12-23(45-4)26(20)33(29)42/h5-12,16,22,24-25,30,39,41,43-44H,13-15H2,1-4H3/t16?,22?,24-,25?,30?,35-/m0/s1. The van der Waals surface area contributed by atoms with Gasteiger partial charge in [0.05, 0.1) is 42.0 Å². The fraction of sp³-hybridized carbons (Fsp3) is 0.371. The summed E-state index contributed by atoms with van der Waals surface area (Å²) in [7, 11) is 1.33. The highest BCUT2D eigenvalue weighted by Gasteiger charge is 2.50. The van der Waals surface area contributed by atoms with Gasteiger partial charge in [-0.3, -0.25) is 19.2 Å². The molecule has 2 aliphatic carbocycles. The van der Waals surface area contributed by atoms with E-state index in [1.165, 1.54) is 44.1 Å². The zero-order valence-electron chi connectivity index (χ0n) is 26.2. The van der Waals surface area contributed by atoms with E-state index in [4.69, 9.17) is 14.2 Å². The zero-order valence-corrected chi connectivity index (χ0v) is 26.2. The number of benzene rings is 3. The number of aromatic hydroxyl groups is 2. The monoisotopic (exact) mass is 645 g/mol. The number of aliphatic hydroxyl groups is 2. The molecule has 1 aliphatic heterocycles. The molecule has 12 heteroatoms. The highest BCUT2D eigenvalue weighted by molar-refractivity contribution is 6.31. The molecule has 246 valence electrons. The predicted molar refractivity (Wildman–Crippen MR) is 166 cm³/mol. The predicted octanol–water partition coefficient (Wildman–Crippen LogP) is 3.12. The fourth-order valence-electron chi connectivity index (χ4n) is 7.05. The maximum absolute atomic E-state index is 13.9. The van der Waals surface area contributed by atoms with Crippen molar-refractivity contribution >= 4 is 28.9 Å². The van der Waals surface area contributed by atoms with Gasteiger partial charge in [-0.05, 0) is 32.0 Å². The maximum Gasteiger partial charge on any atom is 0.224 e. The van der Waals surface area contributed by atoms with Gasteiger partial charge in [0.2, 0.25) is 11.7 Å². The first-order valence-electron chi connectivity index (χ1n) is 15.2. The second-order valence-corrected chi connectivity index (χ2v) is 12.3. The Labute approximate surface area is 270 Å². The Morgan fingerprint density at radius 1 is 0.957 bits per heavy atom. The highest BCUT2D eigenvalue weighted by Crippen LogP contribution is 2.52. The molecule has 0 saturated carbocycles. The van der Waals surface area contributed by atoms with Crippen LogP contribution >= 0.6 is 0 Å². The molecule has 3 aromatic carbocycles. The second-order valence-electron chi connectivity index (χ2n) is 12.3. The van der Waals surface area contributed by atoms with Gasteiger partial charge in [0.25, 0.3) is 0 Å². The smallest absolute Gasteiger partial charge is 0.224 e. The SMILES string of the molecule is COc1cccc2c1C(=O)c1c(O)c3c(c(O)c1C2=O)C[C@@](O)(C(C)=O)C[C@@H]3OC1CC(N(C(C)=O)c2ccccc2)C(O)C(C)O1. The number of hydrogen-bond acceptors (Lipinski definition) is 11. The zero-order chi connectivity index (χ0) is 33.9. The summed E-state index contributed by atoms with van der Waals surface area (Å²) in [5, 5.41) is 45.9. The molecular weight excluding hydrogens is 610 g/mol. The van der Waals surface area contributed by atoms with Crippen molar-refractivity contribution in [3.8, 4) is 17.2 Å². The number of ketones is 3. The molecule has 1 heterocycles. The van der Waals surface area contributed by atoms with Crippen molar-refractivity contribution in [3.05, 3.63) is 81.9 Å². The van der Waals surface area contributed by atoms with E-state index >= 15 is 0 Å². The van der Waals surface area contributed by atoms with Crippen molar-refractivity contribution < 1.29 is 53.8 Å². The average Bonchev–Trinajstić information content (AvgIpc) is 3.03. The Bertz CT molecular complexity index is 1800. The van der Waals surface area contributed by atoms with Gasteiger partial charge < -0.3 is 39.5 Å². The van der Waals surface area contributed by atoms with Crippen LogP contribution < -0.4 is 9.64 Å². The molecular formula is C35H35NO11. The van der Waals surface area contributed by atoms with Gasteiger partial charge in [-0.15, -0.1) is 0 Å². The van der Waals surface area contributed by atoms with Gasteiger partial charge in [-0.2, -0.15) is 0 Å². The first-order chi connectivity index (χ1) is 22.3. The number of phenols is 2. The molecule has 3 aliphatic rings. The summed E-state index contributed by atoms with van der Waals surface area (Å²) in [6.45, 7) is 4.15. The molecule has 6 rings (SSSR count). The molecule has 4 unspecified atom stereocenters. The van der Waals surface area contributed by atoms with Crippen molar-refractivity contribution in [2.75, 3.05) is 12.0 Å². The largest absolute Gasteiger partial charge is 0.507 e. The Kier molecular flexibility index (Phi) is 8.17. The molecule has 4 N–H and O–H groups in total. The Morgan fingerprint density at radius 3 is 2.28 bits per heavy atom. The molecule has 0 spiro atoms. The van der Waals surface area contributed by atoms with Gasteiger partial charge in [-0.25, -0.2) is 0 Å². The number of hydrogen-bond donors (Lipinski definition) is 4. The normalized spacial score (nSPS) is 26.6. The van der Waals surface area contributed by atoms with Crippen molar-refractivity contribution in [2.24, 2.45) is 0 Å². The Morgan fingerprint density at radius 2 is 1.64 bits per heavy atom. The van der Waals surface area contributed by atoms with Gasteiger partial charge in [0.1, 0.15) is 29.0 Å². The molecule has 0 aromatic heterocycles. The number of Topliss-reactive ketones (excluding diaryl/α,β-unsaturated/α-hetero) is 1. The number of anilines is 1. The lowest BCUT2D eigenvalue weighted by atomic mass is 9.72. The first-order valence-corrected chi connectivity index (χ1v) is 15.2. The third-order valence-corrected chi connectivity index (χ3v) is 9.43. The lowest BCUT2D eigenvalue weighted by Crippen LogP contribution is -2.57. The van der Waals surface area contributed by atoms with Crippen molar-refractivity contribution in [2.45, 2.75) is 76.3 Å². The Hall–Kier alpha value is -4.62. The van der Waals surface area contributed by atoms with E-state index in [2.05, 4.69) is 0 Å². The van der Waals surface area contributed by atoms with Crippen LogP contribution in [-0.4, -0.2) is 80.9 Å². The highest BCUT2D eigenvalue weighted by atomic mass is 16.7. The van der Waals surface area contributed by atoms with Crippen molar-refractivity contribution in [3.63, 3.8) is 0 Å². The number of aliphatic hydroxyl groups excluding tert-OH is 1. The summed E-state index contributed by atoms with van der Waals surface area (Å²) in [6.07, 6.45) is -5.34. The lowest BCUT2D eigenvalue weighted by Gasteiger charge is -2.45. The van der Waals surface area contributed by atoms with E-state index in [0.29, 0.717) is 5.69 Å². The fourth-order valence-corrected chi connectivity index (χ4v) is 7.05. The molecule has 3 aromatic rings. The third-order valence-electron chi connectivity index (χ3n) is 9.43. The van der Waals surface area contributed by atoms with E-state index in [1.54, 1.807) is 37.3 Å². The van der Waals surface area contributed by atoms with Gasteiger partial charge >= 0.3 is 0 Å². The molecule has 47 heavy (non-hydrogen) atoms. The average molecular weight is 646 g/mol. The van der Waals surface area contributed by atoms with Gasteiger partial charge in [0, 0.05) is 48.6 Å². The number of carbonyl (C=O) groups is 4. The number of para-hydroxylation sites is 1. The van der Waals surface area contributed by atoms with E-state index < -0.39 is 82.6 Å². The molecule has 0 bridgehead atoms. The summed E-state index contributed by atoms with van der Waals surface area (Å²) >= 11 is 0. The number of carbonyl (C=O) groups excluding carboxylic acids is 4. The van der Waals surface area contributed by atoms with Crippen molar-refractivity contribution in [1.29, 1.82) is 0 Å². The van der Waals surface area contributed by atoms with Crippen LogP contribution in [0.5, 0.6) is 17.2 Å². The van der Waals surface area contributed by atoms with Crippen LogP contribution in [0.2, 0.25) is 0 Å². The molecule has 12 nitrogen and oxygen atoms in total. The minimum atomic E-state index is -2.08. The number of methoxy groups -OCH3 is 1. The first kappa shape index (κ1) is 32.3. The summed E-state index contributed by atoms with van der Waals surface area (Å²) in [5.74, 6) is -3.70. The number of rotatable bonds is 6. The lowest BCUT2D eigenvalue weighted by molar-refractivity contribution is -0.247. The van der Waals surface area contributed by atoms with Crippen LogP contribution in [0.15, 0.2) is 48.5 Å². The van der Waals surface area contributed by atoms with Crippen LogP contribution in [0.25, 0.3) is 0 Å². The number of phenolic OH excluding ortho intramolecular Hbond substituents is 2. The van der Waals surface area contributed by atoms with E-state index in [0.717, 1.165) is 0 Å². The number of fused-ring (bicyclic) bond motifs is 3. The van der Waals surface area contributed by atoms with E-state index in [9.17, 15) is 39.6 Å². The Balaban J connectivity index is 1.45. The number of ether oxygens (including phenoxy) is 3. The molecule has 6 atom stereocenters. The number of nitrogens with zero attached hydrogens (tertiary/aromatic N) is 1. The van der Waals surface area contributed by atoms with Crippen LogP contribution in [0.1, 0.15) is 82.7 Å².